The smallest absolute Gasteiger partial charge is 0.324 e. The Kier molecular flexibility index (Phi) is 5.99. The number of carbonyl (C=O) groups is 1. The Labute approximate surface area is 180 Å². The van der Waals surface area contributed by atoms with Crippen molar-refractivity contribution in [2.75, 3.05) is 36.5 Å². The number of urea groups is 1. The van der Waals surface area contributed by atoms with Gasteiger partial charge < -0.3 is 20.0 Å². The number of rotatable bonds is 4. The monoisotopic (exact) mass is 449 g/mol. The van der Waals surface area contributed by atoms with Crippen LogP contribution in [0.5, 0.6) is 0 Å². The van der Waals surface area contributed by atoms with Crippen molar-refractivity contribution < 1.29 is 23.8 Å². The minimum Gasteiger partial charge on any atom is -0.393 e. The van der Waals surface area contributed by atoms with E-state index >= 15 is 0 Å². The van der Waals surface area contributed by atoms with Gasteiger partial charge >= 0.3 is 6.03 Å². The van der Waals surface area contributed by atoms with Gasteiger partial charge in [-0.15, -0.1) is 0 Å². The Morgan fingerprint density at radius 3 is 2.87 bits per heavy atom. The zero-order chi connectivity index (χ0) is 22.1. The number of nitrogens with zero attached hydrogens (tertiary/aromatic N) is 4. The summed E-state index contributed by atoms with van der Waals surface area (Å²) in [6.07, 6.45) is 0.147. The molecule has 2 atom stereocenters. The van der Waals surface area contributed by atoms with E-state index in [2.05, 4.69) is 15.3 Å². The van der Waals surface area contributed by atoms with Gasteiger partial charge in [-0.2, -0.15) is 0 Å². The number of anilines is 2. The molecule has 0 aliphatic carbocycles. The summed E-state index contributed by atoms with van der Waals surface area (Å²) >= 11 is 1.19. The fourth-order valence-electron chi connectivity index (χ4n) is 3.53. The molecule has 164 valence electrons. The molecule has 3 aromatic rings. The number of halogens is 2. The van der Waals surface area contributed by atoms with Crippen molar-refractivity contribution in [2.24, 2.45) is 0 Å². The highest BCUT2D eigenvalue weighted by Crippen LogP contribution is 2.28. The van der Waals surface area contributed by atoms with Gasteiger partial charge in [0.1, 0.15) is 11.9 Å². The van der Waals surface area contributed by atoms with E-state index in [1.165, 1.54) is 29.7 Å². The number of thiazole rings is 1. The lowest BCUT2D eigenvalue weighted by Crippen LogP contribution is -2.55. The largest absolute Gasteiger partial charge is 0.393 e. The summed E-state index contributed by atoms with van der Waals surface area (Å²) in [6, 6.07) is 4.84. The van der Waals surface area contributed by atoms with E-state index in [1.807, 2.05) is 6.92 Å². The Hall–Kier alpha value is -2.89. The molecule has 0 radical (unpaired) electrons. The van der Waals surface area contributed by atoms with Gasteiger partial charge in [-0.25, -0.2) is 23.5 Å². The van der Waals surface area contributed by atoms with E-state index in [9.17, 15) is 18.7 Å². The Morgan fingerprint density at radius 2 is 2.16 bits per heavy atom. The minimum absolute atomic E-state index is 0.133. The normalized spacial score (nSPS) is 17.8. The SMILES string of the molecule is C[C@@H]1CN(c2ncc([C@H](O)CO)cc2F)CCN1C(=O)Nc1nc2ccc(F)cc2s1. The molecule has 11 heteroatoms. The first-order chi connectivity index (χ1) is 14.9. The number of amides is 2. The summed E-state index contributed by atoms with van der Waals surface area (Å²) in [7, 11) is 0. The maximum atomic E-state index is 14.5. The molecule has 2 amide bonds. The van der Waals surface area contributed by atoms with Gasteiger partial charge in [-0.1, -0.05) is 11.3 Å². The number of pyridine rings is 1. The van der Waals surface area contributed by atoms with Crippen molar-refractivity contribution in [3.05, 3.63) is 47.7 Å². The predicted octanol–water partition coefficient (Wildman–Crippen LogP) is 2.74. The minimum atomic E-state index is -1.19. The van der Waals surface area contributed by atoms with Crippen molar-refractivity contribution in [3.63, 3.8) is 0 Å². The van der Waals surface area contributed by atoms with Crippen LogP contribution in [0.4, 0.5) is 24.5 Å². The molecule has 31 heavy (non-hydrogen) atoms. The molecule has 8 nitrogen and oxygen atoms in total. The van der Waals surface area contributed by atoms with Crippen LogP contribution in [-0.4, -0.2) is 63.4 Å². The molecule has 3 N–H and O–H groups in total. The first-order valence-corrected chi connectivity index (χ1v) is 10.5. The molecular weight excluding hydrogens is 428 g/mol. The van der Waals surface area contributed by atoms with E-state index in [4.69, 9.17) is 5.11 Å². The highest BCUT2D eigenvalue weighted by atomic mass is 32.1. The molecule has 4 rings (SSSR count). The molecule has 0 saturated carbocycles. The lowest BCUT2D eigenvalue weighted by Gasteiger charge is -2.40. The van der Waals surface area contributed by atoms with Crippen LogP contribution >= 0.6 is 11.3 Å². The van der Waals surface area contributed by atoms with E-state index in [-0.39, 0.29) is 29.3 Å². The molecule has 1 aromatic carbocycles. The summed E-state index contributed by atoms with van der Waals surface area (Å²) in [5.74, 6) is -0.829. The molecule has 2 aromatic heterocycles. The van der Waals surface area contributed by atoms with Gasteiger partial charge in [-0.3, -0.25) is 5.32 Å². The average molecular weight is 449 g/mol. The lowest BCUT2D eigenvalue weighted by molar-refractivity contribution is 0.0951. The summed E-state index contributed by atoms with van der Waals surface area (Å²) < 4.78 is 28.5. The molecule has 0 spiro atoms. The first-order valence-electron chi connectivity index (χ1n) is 9.68. The van der Waals surface area contributed by atoms with Gasteiger partial charge in [0, 0.05) is 37.4 Å². The van der Waals surface area contributed by atoms with Crippen molar-refractivity contribution in [1.29, 1.82) is 0 Å². The first kappa shape index (κ1) is 21.3. The van der Waals surface area contributed by atoms with Crippen molar-refractivity contribution in [3.8, 4) is 0 Å². The molecule has 0 unspecified atom stereocenters. The standard InChI is InChI=1S/C20H21F2N5O3S/c1-11-9-26(18-14(22)6-12(8-23-18)16(29)10-28)4-5-27(11)20(30)25-19-24-15-3-2-13(21)7-17(15)31-19/h2-3,6-8,11,16,28-29H,4-5,9-10H2,1H3,(H,24,25,30)/t11-,16-/m1/s1. The molecule has 1 saturated heterocycles. The summed E-state index contributed by atoms with van der Waals surface area (Å²) in [6.45, 7) is 2.41. The quantitative estimate of drug-likeness (QED) is 0.566. The van der Waals surface area contributed by atoms with Crippen LogP contribution in [0.3, 0.4) is 0 Å². The Bertz CT molecular complexity index is 1110. The molecule has 0 bridgehead atoms. The summed E-state index contributed by atoms with van der Waals surface area (Å²) in [5.41, 5.74) is 0.807. The van der Waals surface area contributed by atoms with Crippen molar-refractivity contribution in [2.45, 2.75) is 19.1 Å². The topological polar surface area (TPSA) is 102 Å². The second-order valence-corrected chi connectivity index (χ2v) is 8.35. The number of aliphatic hydroxyl groups is 2. The van der Waals surface area contributed by atoms with Gasteiger partial charge in [0.15, 0.2) is 16.8 Å². The lowest BCUT2D eigenvalue weighted by atomic mass is 10.1. The van der Waals surface area contributed by atoms with E-state index < -0.39 is 18.5 Å². The highest BCUT2D eigenvalue weighted by Gasteiger charge is 2.30. The number of hydrogen-bond acceptors (Lipinski definition) is 7. The van der Waals surface area contributed by atoms with Crippen LogP contribution in [0.1, 0.15) is 18.6 Å². The maximum absolute atomic E-state index is 14.5. The zero-order valence-corrected chi connectivity index (χ0v) is 17.4. The number of piperazine rings is 1. The molecule has 3 heterocycles. The summed E-state index contributed by atoms with van der Waals surface area (Å²) in [5, 5.41) is 21.8. The Balaban J connectivity index is 1.42. The second kappa shape index (κ2) is 8.69. The second-order valence-electron chi connectivity index (χ2n) is 7.32. The number of hydrogen-bond donors (Lipinski definition) is 3. The number of carbonyl (C=O) groups excluding carboxylic acids is 1. The van der Waals surface area contributed by atoms with Gasteiger partial charge in [-0.05, 0) is 31.2 Å². The predicted molar refractivity (Wildman–Crippen MR) is 113 cm³/mol. The van der Waals surface area contributed by atoms with Gasteiger partial charge in [0.05, 0.1) is 16.8 Å². The van der Waals surface area contributed by atoms with Crippen LogP contribution < -0.4 is 10.2 Å². The van der Waals surface area contributed by atoms with Crippen molar-refractivity contribution in [1.82, 2.24) is 14.9 Å². The fraction of sp³-hybridized carbons (Fsp3) is 0.350. The third kappa shape index (κ3) is 4.43. The van der Waals surface area contributed by atoms with Gasteiger partial charge in [0.2, 0.25) is 0 Å². The number of nitrogens with one attached hydrogen (secondary N) is 1. The zero-order valence-electron chi connectivity index (χ0n) is 16.6. The Morgan fingerprint density at radius 1 is 1.35 bits per heavy atom. The highest BCUT2D eigenvalue weighted by molar-refractivity contribution is 7.22. The maximum Gasteiger partial charge on any atom is 0.324 e. The van der Waals surface area contributed by atoms with Crippen LogP contribution in [0, 0.1) is 11.6 Å². The molecule has 1 fully saturated rings. The van der Waals surface area contributed by atoms with E-state index in [0.717, 1.165) is 6.07 Å². The van der Waals surface area contributed by atoms with E-state index in [1.54, 1.807) is 15.9 Å². The van der Waals surface area contributed by atoms with E-state index in [0.29, 0.717) is 35.0 Å². The third-order valence-electron chi connectivity index (χ3n) is 5.15. The summed E-state index contributed by atoms with van der Waals surface area (Å²) in [4.78, 5) is 24.5. The van der Waals surface area contributed by atoms with Crippen LogP contribution in [0.2, 0.25) is 0 Å². The van der Waals surface area contributed by atoms with Gasteiger partial charge in [0.25, 0.3) is 0 Å². The molecular formula is C20H21F2N5O3S. The fourth-order valence-corrected chi connectivity index (χ4v) is 4.41. The van der Waals surface area contributed by atoms with Crippen LogP contribution in [0.15, 0.2) is 30.5 Å². The third-order valence-corrected chi connectivity index (χ3v) is 6.09. The number of aliphatic hydroxyl groups excluding tert-OH is 2. The average Bonchev–Trinajstić information content (AvgIpc) is 3.14. The van der Waals surface area contributed by atoms with Crippen molar-refractivity contribution >= 4 is 38.5 Å². The molecule has 1 aliphatic rings. The molecule has 1 aliphatic heterocycles. The van der Waals surface area contributed by atoms with Crippen LogP contribution in [0.25, 0.3) is 10.2 Å². The van der Waals surface area contributed by atoms with Crippen LogP contribution in [-0.2, 0) is 0 Å². The number of benzene rings is 1. The number of fused-ring (bicyclic) bond motifs is 1. The number of aromatic nitrogens is 2.